The second kappa shape index (κ2) is 7.77. The van der Waals surface area contributed by atoms with Crippen LogP contribution in [0.25, 0.3) is 0 Å². The molecule has 158 valence electrons. The molecule has 4 rings (SSSR count). The third kappa shape index (κ3) is 2.93. The second-order valence-electron chi connectivity index (χ2n) is 6.84. The Balaban J connectivity index is 2.12. The molecule has 8 heteroatoms. The molecule has 0 saturated carbocycles. The van der Waals surface area contributed by atoms with Gasteiger partial charge >= 0.3 is 11.9 Å². The highest BCUT2D eigenvalue weighted by Gasteiger charge is 2.61. The van der Waals surface area contributed by atoms with Crippen LogP contribution < -0.4 is 0 Å². The maximum absolute atomic E-state index is 14.3. The number of ether oxygens (including phenoxy) is 2. The van der Waals surface area contributed by atoms with Crippen molar-refractivity contribution in [1.29, 1.82) is 0 Å². The summed E-state index contributed by atoms with van der Waals surface area (Å²) in [6.07, 6.45) is 0. The van der Waals surface area contributed by atoms with Gasteiger partial charge < -0.3 is 9.47 Å². The van der Waals surface area contributed by atoms with Crippen molar-refractivity contribution in [3.8, 4) is 0 Å². The highest BCUT2D eigenvalue weighted by Crippen LogP contribution is 2.53. The molecule has 2 aliphatic rings. The molecule has 0 radical (unpaired) electrons. The molecule has 0 atom stereocenters. The molecule has 0 aromatic heterocycles. The number of ketones is 2. The summed E-state index contributed by atoms with van der Waals surface area (Å²) >= 11 is 0.925. The summed E-state index contributed by atoms with van der Waals surface area (Å²) in [6, 6.07) is 9.69. The van der Waals surface area contributed by atoms with E-state index in [1.54, 1.807) is 26.0 Å². The number of allylic oxidation sites excluding steroid dienone is 1. The van der Waals surface area contributed by atoms with Crippen LogP contribution in [0.4, 0.5) is 4.39 Å². The summed E-state index contributed by atoms with van der Waals surface area (Å²) < 4.78 is 24.7. The number of carbonyl (C=O) groups excluding carboxylic acids is 4. The van der Waals surface area contributed by atoms with Gasteiger partial charge in [0.25, 0.3) is 0 Å². The number of hydrogen-bond acceptors (Lipinski definition) is 7. The lowest BCUT2D eigenvalue weighted by Crippen LogP contribution is -2.52. The number of hydrogen-bond donors (Lipinski definition) is 0. The van der Waals surface area contributed by atoms with Gasteiger partial charge in [-0.3, -0.25) is 19.2 Å². The van der Waals surface area contributed by atoms with E-state index in [9.17, 15) is 23.6 Å². The van der Waals surface area contributed by atoms with Crippen LogP contribution in [-0.4, -0.2) is 36.7 Å². The zero-order valence-electron chi connectivity index (χ0n) is 16.7. The van der Waals surface area contributed by atoms with Crippen LogP contribution in [0.3, 0.4) is 0 Å². The molecule has 6 nitrogen and oxygen atoms in total. The Morgan fingerprint density at radius 1 is 0.935 bits per heavy atom. The predicted octanol–water partition coefficient (Wildman–Crippen LogP) is 3.63. The van der Waals surface area contributed by atoms with E-state index in [0.717, 1.165) is 23.9 Å². The highest BCUT2D eigenvalue weighted by molar-refractivity contribution is 8.04. The van der Waals surface area contributed by atoms with Crippen molar-refractivity contribution in [3.05, 3.63) is 75.5 Å². The van der Waals surface area contributed by atoms with Crippen LogP contribution in [0.5, 0.6) is 0 Å². The van der Waals surface area contributed by atoms with Crippen molar-refractivity contribution in [2.24, 2.45) is 0 Å². The van der Waals surface area contributed by atoms with Gasteiger partial charge in [0.15, 0.2) is 5.78 Å². The summed E-state index contributed by atoms with van der Waals surface area (Å²) in [7, 11) is 0. The number of carbonyl (C=O) groups is 4. The first-order valence-electron chi connectivity index (χ1n) is 9.63. The summed E-state index contributed by atoms with van der Waals surface area (Å²) in [5.74, 6) is -4.06. The van der Waals surface area contributed by atoms with E-state index in [-0.39, 0.29) is 40.4 Å². The Bertz CT molecular complexity index is 1160. The Labute approximate surface area is 181 Å². The van der Waals surface area contributed by atoms with Crippen molar-refractivity contribution in [2.45, 2.75) is 24.2 Å². The number of rotatable bonds is 4. The summed E-state index contributed by atoms with van der Waals surface area (Å²) in [5, 5.41) is 0. The first-order valence-corrected chi connectivity index (χ1v) is 10.4. The predicted molar refractivity (Wildman–Crippen MR) is 109 cm³/mol. The fraction of sp³-hybridized carbons (Fsp3) is 0.217. The minimum Gasteiger partial charge on any atom is -0.465 e. The van der Waals surface area contributed by atoms with Gasteiger partial charge in [0.1, 0.15) is 5.82 Å². The maximum atomic E-state index is 14.3. The second-order valence-corrected chi connectivity index (χ2v) is 7.89. The van der Waals surface area contributed by atoms with Gasteiger partial charge in [0.2, 0.25) is 11.2 Å². The van der Waals surface area contributed by atoms with Gasteiger partial charge in [-0.25, -0.2) is 4.39 Å². The lowest BCUT2D eigenvalue weighted by molar-refractivity contribution is -0.162. The van der Waals surface area contributed by atoms with Crippen LogP contribution in [0.2, 0.25) is 0 Å². The zero-order valence-corrected chi connectivity index (χ0v) is 17.5. The molecule has 0 amide bonds. The number of halogens is 1. The average Bonchev–Trinajstić information content (AvgIpc) is 2.76. The van der Waals surface area contributed by atoms with Gasteiger partial charge in [-0.1, -0.05) is 36.0 Å². The fourth-order valence-electron chi connectivity index (χ4n) is 3.91. The van der Waals surface area contributed by atoms with E-state index in [4.69, 9.17) is 9.47 Å². The summed E-state index contributed by atoms with van der Waals surface area (Å²) in [6.45, 7) is 2.89. The van der Waals surface area contributed by atoms with E-state index in [0.29, 0.717) is 4.90 Å². The third-order valence-electron chi connectivity index (χ3n) is 5.17. The number of Topliss-reactive ketones (excluding diaryl/α,β-unsaturated/α-hetero) is 2. The Kier molecular flexibility index (Phi) is 5.26. The van der Waals surface area contributed by atoms with Crippen LogP contribution in [-0.2, 0) is 24.5 Å². The van der Waals surface area contributed by atoms with Crippen LogP contribution in [0, 0.1) is 5.82 Å². The smallest absolute Gasteiger partial charge is 0.332 e. The molecule has 2 aromatic rings. The fourth-order valence-corrected chi connectivity index (χ4v) is 5.13. The van der Waals surface area contributed by atoms with Gasteiger partial charge in [0, 0.05) is 21.6 Å². The van der Waals surface area contributed by atoms with Crippen LogP contribution in [0.15, 0.2) is 57.8 Å². The Morgan fingerprint density at radius 2 is 1.52 bits per heavy atom. The summed E-state index contributed by atoms with van der Waals surface area (Å²) in [5.41, 5.74) is -2.61. The van der Waals surface area contributed by atoms with Crippen molar-refractivity contribution >= 4 is 35.3 Å². The van der Waals surface area contributed by atoms with E-state index >= 15 is 0 Å². The molecule has 1 aliphatic carbocycles. The minimum absolute atomic E-state index is 0.0599. The molecular weight excluding hydrogens is 423 g/mol. The monoisotopic (exact) mass is 440 g/mol. The molecule has 0 unspecified atom stereocenters. The van der Waals surface area contributed by atoms with Crippen LogP contribution >= 0.6 is 11.8 Å². The molecule has 0 fully saturated rings. The molecule has 0 saturated heterocycles. The normalized spacial score (nSPS) is 16.2. The van der Waals surface area contributed by atoms with Crippen molar-refractivity contribution in [1.82, 2.24) is 0 Å². The zero-order chi connectivity index (χ0) is 22.3. The molecular formula is C23H17FO6S. The lowest BCUT2D eigenvalue weighted by Gasteiger charge is -2.38. The highest BCUT2D eigenvalue weighted by atomic mass is 32.2. The van der Waals surface area contributed by atoms with Crippen molar-refractivity contribution in [2.75, 3.05) is 13.2 Å². The van der Waals surface area contributed by atoms with Crippen LogP contribution in [0.1, 0.15) is 40.1 Å². The topological polar surface area (TPSA) is 86.7 Å². The van der Waals surface area contributed by atoms with Crippen molar-refractivity contribution < 1.29 is 33.0 Å². The molecule has 2 aromatic carbocycles. The SMILES string of the molecule is CCOC(=O)C1(C(=O)OCC)C2=C(Sc3ccc(F)cc31)C(=O)c1ccccc1C2=O. The molecule has 1 heterocycles. The molecule has 0 N–H and O–H groups in total. The molecule has 1 aliphatic heterocycles. The van der Waals surface area contributed by atoms with Gasteiger partial charge in [-0.2, -0.15) is 0 Å². The molecule has 0 spiro atoms. The summed E-state index contributed by atoms with van der Waals surface area (Å²) in [4.78, 5) is 53.9. The first-order chi connectivity index (χ1) is 14.9. The molecule has 31 heavy (non-hydrogen) atoms. The van der Waals surface area contributed by atoms with Gasteiger partial charge in [0.05, 0.1) is 23.7 Å². The Hall–Kier alpha value is -3.26. The van der Waals surface area contributed by atoms with E-state index < -0.39 is 34.7 Å². The molecule has 0 bridgehead atoms. The number of benzene rings is 2. The van der Waals surface area contributed by atoms with E-state index in [1.807, 2.05) is 0 Å². The third-order valence-corrected chi connectivity index (χ3v) is 6.34. The van der Waals surface area contributed by atoms with Gasteiger partial charge in [-0.05, 0) is 32.0 Å². The first kappa shape index (κ1) is 21.0. The van der Waals surface area contributed by atoms with E-state index in [1.165, 1.54) is 18.2 Å². The Morgan fingerprint density at radius 3 is 2.10 bits per heavy atom. The number of thioether (sulfide) groups is 1. The largest absolute Gasteiger partial charge is 0.465 e. The average molecular weight is 440 g/mol. The van der Waals surface area contributed by atoms with Crippen molar-refractivity contribution in [3.63, 3.8) is 0 Å². The van der Waals surface area contributed by atoms with Gasteiger partial charge in [-0.15, -0.1) is 0 Å². The maximum Gasteiger partial charge on any atom is 0.332 e. The quantitative estimate of drug-likeness (QED) is 0.530. The van der Waals surface area contributed by atoms with E-state index in [2.05, 4.69) is 0 Å². The minimum atomic E-state index is -2.41. The number of fused-ring (bicyclic) bond motifs is 2. The standard InChI is InChI=1S/C23H17FO6S/c1-3-29-21(27)23(22(28)30-4-2)15-11-12(24)9-10-16(15)31-20-17(23)18(25)13-7-5-6-8-14(13)19(20)26/h5-11H,3-4H2,1-2H3. The number of esters is 2. The lowest BCUT2D eigenvalue weighted by atomic mass is 9.68.